The molecule has 0 unspecified atom stereocenters. The number of fused-ring (bicyclic) bond motifs is 1. The van der Waals surface area contributed by atoms with E-state index in [2.05, 4.69) is 25.8 Å². The lowest BCUT2D eigenvalue weighted by Crippen LogP contribution is -2.18. The zero-order chi connectivity index (χ0) is 18.1. The summed E-state index contributed by atoms with van der Waals surface area (Å²) in [4.78, 5) is 27.3. The van der Waals surface area contributed by atoms with Crippen molar-refractivity contribution in [3.63, 3.8) is 0 Å². The molecule has 2 aromatic carbocycles. The molecule has 0 saturated carbocycles. The predicted molar refractivity (Wildman–Crippen MR) is 96.8 cm³/mol. The molecule has 2 heterocycles. The molecular formula is C18H14N6O2. The van der Waals surface area contributed by atoms with Gasteiger partial charge in [0.25, 0.3) is 11.5 Å². The van der Waals surface area contributed by atoms with E-state index in [0.29, 0.717) is 22.3 Å². The van der Waals surface area contributed by atoms with Gasteiger partial charge in [0.15, 0.2) is 5.82 Å². The molecule has 0 radical (unpaired) electrons. The summed E-state index contributed by atoms with van der Waals surface area (Å²) in [5.41, 5.74) is 1.23. The first-order valence-electron chi connectivity index (χ1n) is 7.88. The summed E-state index contributed by atoms with van der Waals surface area (Å²) in [6, 6.07) is 15.9. The molecular weight excluding hydrogens is 332 g/mol. The number of hydrogen-bond donors (Lipinski definition) is 2. The molecule has 0 saturated heterocycles. The predicted octanol–water partition coefficient (Wildman–Crippen LogP) is 1.97. The Kier molecular flexibility index (Phi) is 3.77. The van der Waals surface area contributed by atoms with Gasteiger partial charge in [0, 0.05) is 23.7 Å². The zero-order valence-corrected chi connectivity index (χ0v) is 13.8. The van der Waals surface area contributed by atoms with E-state index in [4.69, 9.17) is 0 Å². The molecule has 8 nitrogen and oxygen atoms in total. The van der Waals surface area contributed by atoms with Crippen molar-refractivity contribution in [2.24, 2.45) is 7.05 Å². The van der Waals surface area contributed by atoms with Gasteiger partial charge in [0.2, 0.25) is 0 Å². The van der Waals surface area contributed by atoms with Crippen LogP contribution in [0.5, 0.6) is 0 Å². The fourth-order valence-electron chi connectivity index (χ4n) is 2.74. The number of H-pyrrole nitrogens is 1. The first kappa shape index (κ1) is 15.7. The number of carbonyl (C=O) groups is 1. The second-order valence-electron chi connectivity index (χ2n) is 5.76. The van der Waals surface area contributed by atoms with Crippen molar-refractivity contribution >= 4 is 22.4 Å². The highest BCUT2D eigenvalue weighted by Gasteiger charge is 2.11. The number of nitrogens with one attached hydrogen (secondary N) is 2. The maximum Gasteiger partial charge on any atom is 0.272 e. The fraction of sp³-hybridized carbons (Fsp3) is 0.0556. The van der Waals surface area contributed by atoms with E-state index in [-0.39, 0.29) is 11.3 Å². The Morgan fingerprint density at radius 3 is 2.77 bits per heavy atom. The van der Waals surface area contributed by atoms with Gasteiger partial charge in [0.1, 0.15) is 5.69 Å². The molecule has 0 spiro atoms. The normalized spacial score (nSPS) is 10.8. The molecule has 8 heteroatoms. The molecule has 0 bridgehead atoms. The van der Waals surface area contributed by atoms with Crippen LogP contribution in [0.25, 0.3) is 22.2 Å². The fourth-order valence-corrected chi connectivity index (χ4v) is 2.74. The lowest BCUT2D eigenvalue weighted by Gasteiger charge is -2.08. The number of anilines is 1. The van der Waals surface area contributed by atoms with Gasteiger partial charge in [-0.3, -0.25) is 9.59 Å². The maximum absolute atomic E-state index is 12.5. The lowest BCUT2D eigenvalue weighted by atomic mass is 10.1. The number of aromatic nitrogens is 5. The van der Waals surface area contributed by atoms with Gasteiger partial charge in [-0.1, -0.05) is 30.3 Å². The molecule has 0 fully saturated rings. The van der Waals surface area contributed by atoms with Crippen LogP contribution in [-0.4, -0.2) is 31.1 Å². The van der Waals surface area contributed by atoms with E-state index in [9.17, 15) is 9.59 Å². The van der Waals surface area contributed by atoms with Crippen molar-refractivity contribution in [3.05, 3.63) is 70.6 Å². The minimum absolute atomic E-state index is 0.194. The third-order valence-electron chi connectivity index (χ3n) is 4.00. The van der Waals surface area contributed by atoms with Crippen LogP contribution in [0.4, 0.5) is 5.69 Å². The molecule has 4 rings (SSSR count). The van der Waals surface area contributed by atoms with E-state index >= 15 is 0 Å². The summed E-state index contributed by atoms with van der Waals surface area (Å²) < 4.78 is 1.54. The van der Waals surface area contributed by atoms with Crippen LogP contribution in [0.1, 0.15) is 10.5 Å². The number of hydrogen-bond acceptors (Lipinski definition) is 5. The van der Waals surface area contributed by atoms with Crippen LogP contribution in [0, 0.1) is 0 Å². The smallest absolute Gasteiger partial charge is 0.272 e. The third kappa shape index (κ3) is 2.84. The molecule has 4 aromatic rings. The van der Waals surface area contributed by atoms with Crippen LogP contribution in [-0.2, 0) is 7.05 Å². The Labute approximate surface area is 147 Å². The lowest BCUT2D eigenvalue weighted by molar-refractivity contribution is 0.102. The molecule has 2 aromatic heterocycles. The number of pyridine rings is 1. The monoisotopic (exact) mass is 346 g/mol. The first-order chi connectivity index (χ1) is 12.6. The third-order valence-corrected chi connectivity index (χ3v) is 4.00. The molecule has 0 aliphatic rings. The van der Waals surface area contributed by atoms with E-state index in [1.807, 2.05) is 12.1 Å². The highest BCUT2D eigenvalue weighted by Crippen LogP contribution is 2.20. The quantitative estimate of drug-likeness (QED) is 0.590. The number of aromatic amines is 1. The van der Waals surface area contributed by atoms with Gasteiger partial charge in [-0.05, 0) is 40.1 Å². The Morgan fingerprint density at radius 1 is 1.12 bits per heavy atom. The van der Waals surface area contributed by atoms with Gasteiger partial charge in [-0.25, -0.2) is 4.68 Å². The summed E-state index contributed by atoms with van der Waals surface area (Å²) in [5.74, 6) is 0.182. The minimum Gasteiger partial charge on any atom is -0.321 e. The second kappa shape index (κ2) is 6.25. The number of carbonyl (C=O) groups excluding carboxylic acids is 1. The molecule has 0 aliphatic heterocycles. The minimum atomic E-state index is -0.402. The van der Waals surface area contributed by atoms with Crippen LogP contribution < -0.4 is 10.9 Å². The van der Waals surface area contributed by atoms with Crippen molar-refractivity contribution in [1.82, 2.24) is 25.2 Å². The summed E-state index contributed by atoms with van der Waals surface area (Å²) in [5, 5.41) is 15.4. The number of amides is 1. The highest BCUT2D eigenvalue weighted by molar-refractivity contribution is 6.04. The maximum atomic E-state index is 12.5. The molecule has 26 heavy (non-hydrogen) atoms. The highest BCUT2D eigenvalue weighted by atomic mass is 16.2. The molecule has 0 aliphatic carbocycles. The van der Waals surface area contributed by atoms with Gasteiger partial charge in [-0.2, -0.15) is 0 Å². The SMILES string of the molecule is Cn1nnnc1-c1cccc(NC(=O)c2cc3ccccc3c(=O)[nH]2)c1. The average Bonchev–Trinajstić information content (AvgIpc) is 3.08. The summed E-state index contributed by atoms with van der Waals surface area (Å²) in [6.45, 7) is 0. The first-order valence-corrected chi connectivity index (χ1v) is 7.88. The van der Waals surface area contributed by atoms with Crippen LogP contribution in [0.15, 0.2) is 59.4 Å². The Hall–Kier alpha value is -3.81. The zero-order valence-electron chi connectivity index (χ0n) is 13.8. The number of tetrazole rings is 1. The van der Waals surface area contributed by atoms with Crippen molar-refractivity contribution < 1.29 is 4.79 Å². The van der Waals surface area contributed by atoms with E-state index in [0.717, 1.165) is 5.56 Å². The van der Waals surface area contributed by atoms with E-state index in [1.165, 1.54) is 0 Å². The second-order valence-corrected chi connectivity index (χ2v) is 5.76. The Balaban J connectivity index is 1.65. The molecule has 1 amide bonds. The largest absolute Gasteiger partial charge is 0.321 e. The van der Waals surface area contributed by atoms with Gasteiger partial charge >= 0.3 is 0 Å². The Morgan fingerprint density at radius 2 is 1.96 bits per heavy atom. The summed E-state index contributed by atoms with van der Waals surface area (Å²) >= 11 is 0. The van der Waals surface area contributed by atoms with Crippen LogP contribution in [0.3, 0.4) is 0 Å². The number of aryl methyl sites for hydroxylation is 1. The van der Waals surface area contributed by atoms with Crippen LogP contribution >= 0.6 is 0 Å². The summed E-state index contributed by atoms with van der Waals surface area (Å²) in [7, 11) is 1.74. The standard InChI is InChI=1S/C18H14N6O2/c1-24-16(21-22-23-24)12-6-4-7-13(9-12)19-18(26)15-10-11-5-2-3-8-14(11)17(25)20-15/h2-10H,1H3,(H,19,26)(H,20,25). The Bertz CT molecular complexity index is 1180. The van der Waals surface area contributed by atoms with Crippen molar-refractivity contribution in [3.8, 4) is 11.4 Å². The van der Waals surface area contributed by atoms with Crippen LogP contribution in [0.2, 0.25) is 0 Å². The van der Waals surface area contributed by atoms with Crippen molar-refractivity contribution in [2.45, 2.75) is 0 Å². The molecule has 128 valence electrons. The average molecular weight is 346 g/mol. The molecule has 2 N–H and O–H groups in total. The number of rotatable bonds is 3. The number of nitrogens with zero attached hydrogens (tertiary/aromatic N) is 4. The van der Waals surface area contributed by atoms with Crippen molar-refractivity contribution in [1.29, 1.82) is 0 Å². The number of benzene rings is 2. The van der Waals surface area contributed by atoms with Gasteiger partial charge in [-0.15, -0.1) is 5.10 Å². The molecule has 0 atom stereocenters. The topological polar surface area (TPSA) is 106 Å². The van der Waals surface area contributed by atoms with Gasteiger partial charge < -0.3 is 10.3 Å². The van der Waals surface area contributed by atoms with Gasteiger partial charge in [0.05, 0.1) is 0 Å². The van der Waals surface area contributed by atoms with E-state index < -0.39 is 5.91 Å². The van der Waals surface area contributed by atoms with E-state index in [1.54, 1.807) is 54.2 Å². The summed E-state index contributed by atoms with van der Waals surface area (Å²) in [6.07, 6.45) is 0. The van der Waals surface area contributed by atoms with Crippen molar-refractivity contribution in [2.75, 3.05) is 5.32 Å².